The molecular weight excluding hydrogens is 394 g/mol. The summed E-state index contributed by atoms with van der Waals surface area (Å²) in [5, 5.41) is 13.3. The van der Waals surface area contributed by atoms with Gasteiger partial charge in [-0.1, -0.05) is 23.5 Å². The first kappa shape index (κ1) is 18.6. The van der Waals surface area contributed by atoms with Crippen molar-refractivity contribution < 1.29 is 14.2 Å². The van der Waals surface area contributed by atoms with Gasteiger partial charge in [-0.05, 0) is 6.07 Å². The van der Waals surface area contributed by atoms with Gasteiger partial charge in [0, 0.05) is 12.6 Å². The van der Waals surface area contributed by atoms with Crippen LogP contribution in [-0.4, -0.2) is 31.2 Å². The van der Waals surface area contributed by atoms with Gasteiger partial charge in [0.15, 0.2) is 28.0 Å². The number of hydrogen-bond donors (Lipinski definition) is 3. The van der Waals surface area contributed by atoms with E-state index in [1.165, 1.54) is 25.6 Å². The number of aromatic amines is 1. The van der Waals surface area contributed by atoms with Gasteiger partial charge in [0.2, 0.25) is 5.88 Å². The number of methoxy groups -OCH3 is 2. The molecule has 148 valence electrons. The molecule has 1 aromatic carbocycles. The van der Waals surface area contributed by atoms with Gasteiger partial charge in [0.05, 0.1) is 25.7 Å². The first-order valence-electron chi connectivity index (χ1n) is 8.56. The molecule has 0 aliphatic carbocycles. The molecule has 2 aromatic heterocycles. The van der Waals surface area contributed by atoms with E-state index >= 15 is 0 Å². The summed E-state index contributed by atoms with van der Waals surface area (Å²) in [6, 6.07) is 7.34. The second-order valence-electron chi connectivity index (χ2n) is 6.15. The van der Waals surface area contributed by atoms with Crippen molar-refractivity contribution in [2.45, 2.75) is 5.92 Å². The van der Waals surface area contributed by atoms with Gasteiger partial charge in [-0.15, -0.1) is 0 Å². The van der Waals surface area contributed by atoms with Crippen LogP contribution in [0.15, 0.2) is 34.4 Å². The summed E-state index contributed by atoms with van der Waals surface area (Å²) >= 11 is 1.31. The first-order valence-corrected chi connectivity index (χ1v) is 9.38. The van der Waals surface area contributed by atoms with E-state index in [2.05, 4.69) is 21.4 Å². The third-order valence-electron chi connectivity index (χ3n) is 4.69. The molecule has 0 spiro atoms. The molecule has 0 amide bonds. The van der Waals surface area contributed by atoms with Crippen molar-refractivity contribution in [3.05, 3.63) is 51.1 Å². The van der Waals surface area contributed by atoms with Crippen molar-refractivity contribution in [1.82, 2.24) is 9.97 Å². The van der Waals surface area contributed by atoms with E-state index in [1.54, 1.807) is 25.2 Å². The smallest absolute Gasteiger partial charge is 0.257 e. The average Bonchev–Trinajstić information content (AvgIpc) is 3.15. The number of anilines is 1. The van der Waals surface area contributed by atoms with Crippen molar-refractivity contribution in [1.29, 1.82) is 5.26 Å². The third-order valence-corrected chi connectivity index (χ3v) is 5.76. The van der Waals surface area contributed by atoms with Gasteiger partial charge in [0.25, 0.3) is 5.56 Å². The Kier molecular flexibility index (Phi) is 4.52. The van der Waals surface area contributed by atoms with Gasteiger partial charge in [-0.25, -0.2) is 4.98 Å². The van der Waals surface area contributed by atoms with Crippen molar-refractivity contribution in [2.75, 3.05) is 26.6 Å². The highest BCUT2D eigenvalue weighted by Gasteiger charge is 2.37. The SMILES string of the molecule is CNc1nc2[nH]c(=O)c3c(c2s1)OC(N)=C(C#N)[C@@H]3c1cccc(OC)c1OC. The second kappa shape index (κ2) is 7.03. The van der Waals surface area contributed by atoms with E-state index in [1.807, 2.05) is 0 Å². The fraction of sp³-hybridized carbons (Fsp3) is 0.211. The number of fused-ring (bicyclic) bond motifs is 3. The highest BCUT2D eigenvalue weighted by atomic mass is 32.1. The van der Waals surface area contributed by atoms with Gasteiger partial charge in [-0.3, -0.25) is 4.79 Å². The number of rotatable bonds is 4. The van der Waals surface area contributed by atoms with Crippen LogP contribution in [0.1, 0.15) is 17.0 Å². The predicted octanol–water partition coefficient (Wildman–Crippen LogP) is 2.26. The minimum absolute atomic E-state index is 0.0684. The third kappa shape index (κ3) is 2.75. The molecule has 3 heterocycles. The second-order valence-corrected chi connectivity index (χ2v) is 7.15. The fourth-order valence-corrected chi connectivity index (χ4v) is 4.32. The summed E-state index contributed by atoms with van der Waals surface area (Å²) in [4.78, 5) is 20.2. The maximum absolute atomic E-state index is 13.0. The summed E-state index contributed by atoms with van der Waals surface area (Å²) < 4.78 is 17.3. The zero-order valence-corrected chi connectivity index (χ0v) is 16.6. The summed E-state index contributed by atoms with van der Waals surface area (Å²) in [5.41, 5.74) is 7.01. The molecule has 10 heteroatoms. The summed E-state index contributed by atoms with van der Waals surface area (Å²) in [5.74, 6) is 0.312. The van der Waals surface area contributed by atoms with E-state index < -0.39 is 11.5 Å². The number of thiazole rings is 1. The van der Waals surface area contributed by atoms with Crippen molar-refractivity contribution in [2.24, 2.45) is 5.73 Å². The van der Waals surface area contributed by atoms with Crippen LogP contribution < -0.4 is 30.8 Å². The van der Waals surface area contributed by atoms with E-state index in [0.717, 1.165) is 0 Å². The summed E-state index contributed by atoms with van der Waals surface area (Å²) in [6.07, 6.45) is 0. The van der Waals surface area contributed by atoms with E-state index in [9.17, 15) is 10.1 Å². The topological polar surface area (TPSA) is 135 Å². The molecule has 1 atom stereocenters. The molecule has 3 aromatic rings. The lowest BCUT2D eigenvalue weighted by atomic mass is 9.83. The molecule has 29 heavy (non-hydrogen) atoms. The Hall–Kier alpha value is -3.71. The number of H-pyrrole nitrogens is 1. The van der Waals surface area contributed by atoms with Crippen molar-refractivity contribution in [3.8, 4) is 23.3 Å². The molecule has 0 radical (unpaired) electrons. The number of para-hydroxylation sites is 1. The van der Waals surface area contributed by atoms with Crippen molar-refractivity contribution >= 4 is 26.8 Å². The lowest BCUT2D eigenvalue weighted by molar-refractivity contribution is 0.349. The highest BCUT2D eigenvalue weighted by Crippen LogP contribution is 2.48. The molecule has 4 rings (SSSR count). The Morgan fingerprint density at radius 1 is 1.38 bits per heavy atom. The van der Waals surface area contributed by atoms with Crippen LogP contribution in [0.5, 0.6) is 17.2 Å². The number of nitrogens with one attached hydrogen (secondary N) is 2. The molecule has 9 nitrogen and oxygen atoms in total. The number of benzene rings is 1. The number of aromatic nitrogens is 2. The van der Waals surface area contributed by atoms with Crippen LogP contribution in [0.3, 0.4) is 0 Å². The highest BCUT2D eigenvalue weighted by molar-refractivity contribution is 7.22. The van der Waals surface area contributed by atoms with Crippen LogP contribution >= 0.6 is 11.3 Å². The van der Waals surface area contributed by atoms with Crippen LogP contribution in [0.25, 0.3) is 10.3 Å². The van der Waals surface area contributed by atoms with Gasteiger partial charge in [0.1, 0.15) is 16.3 Å². The predicted molar refractivity (Wildman–Crippen MR) is 109 cm³/mol. The van der Waals surface area contributed by atoms with Crippen LogP contribution in [0, 0.1) is 11.3 Å². The Bertz CT molecular complexity index is 1250. The number of nitriles is 1. The van der Waals surface area contributed by atoms with Gasteiger partial charge < -0.3 is 30.2 Å². The minimum Gasteiger partial charge on any atom is -0.493 e. The Balaban J connectivity index is 2.09. The maximum atomic E-state index is 13.0. The first-order chi connectivity index (χ1) is 14.0. The van der Waals surface area contributed by atoms with Gasteiger partial charge in [-0.2, -0.15) is 5.26 Å². The van der Waals surface area contributed by atoms with Crippen molar-refractivity contribution in [3.63, 3.8) is 0 Å². The molecule has 0 saturated carbocycles. The lowest BCUT2D eigenvalue weighted by Crippen LogP contribution is -2.28. The average molecular weight is 411 g/mol. The number of ether oxygens (including phenoxy) is 3. The molecule has 1 aliphatic rings. The lowest BCUT2D eigenvalue weighted by Gasteiger charge is -2.27. The van der Waals surface area contributed by atoms with E-state index in [-0.39, 0.29) is 22.8 Å². The van der Waals surface area contributed by atoms with Crippen LogP contribution in [-0.2, 0) is 0 Å². The molecule has 0 fully saturated rings. The normalized spacial score (nSPS) is 15.4. The Morgan fingerprint density at radius 3 is 2.83 bits per heavy atom. The van der Waals surface area contributed by atoms with E-state index in [4.69, 9.17) is 19.9 Å². The van der Waals surface area contributed by atoms with Gasteiger partial charge >= 0.3 is 0 Å². The molecule has 0 saturated heterocycles. The maximum Gasteiger partial charge on any atom is 0.257 e. The molecule has 0 unspecified atom stereocenters. The largest absolute Gasteiger partial charge is 0.493 e. The number of pyridine rings is 1. The molecule has 0 bridgehead atoms. The van der Waals surface area contributed by atoms with Crippen LogP contribution in [0.4, 0.5) is 5.13 Å². The summed E-state index contributed by atoms with van der Waals surface area (Å²) in [7, 11) is 4.74. The number of nitrogens with zero attached hydrogens (tertiary/aromatic N) is 2. The monoisotopic (exact) mass is 411 g/mol. The Labute approximate surface area is 169 Å². The fourth-order valence-electron chi connectivity index (χ4n) is 3.45. The van der Waals surface area contributed by atoms with Crippen LogP contribution in [0.2, 0.25) is 0 Å². The zero-order chi connectivity index (χ0) is 20.7. The molecule has 1 aliphatic heterocycles. The minimum atomic E-state index is -0.790. The molecular formula is C19H17N5O4S. The molecule has 4 N–H and O–H groups in total. The number of nitrogens with two attached hydrogens (primary N) is 1. The standard InChI is InChI=1S/C19H17N5O4S/c1-22-19-24-17-15(29-19)14-12(18(25)23-17)11(9(7-20)16(21)28-14)8-5-4-6-10(26-2)13(8)27-3/h4-6,11H,21H2,1-3H3,(H2,22,23,24,25)/t11-/m0/s1. The Morgan fingerprint density at radius 2 is 2.17 bits per heavy atom. The number of hydrogen-bond acceptors (Lipinski definition) is 9. The zero-order valence-electron chi connectivity index (χ0n) is 15.8. The number of allylic oxidation sites excluding steroid dienone is 1. The quantitative estimate of drug-likeness (QED) is 0.595. The summed E-state index contributed by atoms with van der Waals surface area (Å²) in [6.45, 7) is 0. The van der Waals surface area contributed by atoms with E-state index in [0.29, 0.717) is 32.5 Å².